The summed E-state index contributed by atoms with van der Waals surface area (Å²) in [5, 5.41) is 9.17. The molecule has 0 radical (unpaired) electrons. The number of hydrogen-bond donors (Lipinski definition) is 2. The molecule has 1 aromatic rings. The van der Waals surface area contributed by atoms with Gasteiger partial charge in [0, 0.05) is 18.4 Å². The Balaban J connectivity index is 0.000000198. The molecule has 1 saturated heterocycles. The maximum absolute atomic E-state index is 11.9. The van der Waals surface area contributed by atoms with Gasteiger partial charge in [-0.1, -0.05) is 36.8 Å². The number of ether oxygens (including phenoxy) is 1. The number of nitrogens with two attached hydrogens (primary N) is 1. The van der Waals surface area contributed by atoms with Crippen molar-refractivity contribution < 1.29 is 18.3 Å². The van der Waals surface area contributed by atoms with Gasteiger partial charge in [-0.05, 0) is 30.2 Å². The van der Waals surface area contributed by atoms with E-state index in [9.17, 15) is 8.42 Å². The van der Waals surface area contributed by atoms with Gasteiger partial charge in [-0.15, -0.1) is 0 Å². The topological polar surface area (TPSA) is 89.6 Å². The van der Waals surface area contributed by atoms with E-state index in [0.717, 1.165) is 17.4 Å². The van der Waals surface area contributed by atoms with Crippen molar-refractivity contribution in [2.75, 3.05) is 12.4 Å². The second-order valence-corrected chi connectivity index (χ2v) is 9.37. The van der Waals surface area contributed by atoms with Gasteiger partial charge in [0.15, 0.2) is 16.1 Å². The average Bonchev–Trinajstić information content (AvgIpc) is 2.92. The number of aliphatic hydroxyl groups excluding tert-OH is 1. The van der Waals surface area contributed by atoms with Crippen molar-refractivity contribution in [1.82, 2.24) is 0 Å². The fourth-order valence-corrected chi connectivity index (χ4v) is 5.68. The molecule has 1 aliphatic heterocycles. The Bertz CT molecular complexity index is 624. The Morgan fingerprint density at radius 2 is 1.83 bits per heavy atom. The SMILES string of the molecule is NC1C2CCCC12.O=S(=O)(Cc1ccccc1)C[C@@H]1CO[C@H](O)C1. The molecule has 24 heavy (non-hydrogen) atoms. The minimum Gasteiger partial charge on any atom is -0.368 e. The van der Waals surface area contributed by atoms with Gasteiger partial charge in [-0.2, -0.15) is 0 Å². The minimum absolute atomic E-state index is 0.0560. The third-order valence-electron chi connectivity index (χ3n) is 5.25. The van der Waals surface area contributed by atoms with E-state index in [0.29, 0.717) is 19.1 Å². The van der Waals surface area contributed by atoms with E-state index in [1.165, 1.54) is 19.3 Å². The lowest BCUT2D eigenvalue weighted by atomic mass is 10.1. The van der Waals surface area contributed by atoms with Gasteiger partial charge in [0.25, 0.3) is 0 Å². The van der Waals surface area contributed by atoms with Gasteiger partial charge < -0.3 is 15.6 Å². The third kappa shape index (κ3) is 4.79. The number of fused-ring (bicyclic) bond motifs is 1. The first-order chi connectivity index (χ1) is 11.4. The van der Waals surface area contributed by atoms with Gasteiger partial charge in [0.2, 0.25) is 0 Å². The maximum Gasteiger partial charge on any atom is 0.154 e. The van der Waals surface area contributed by atoms with Crippen LogP contribution in [0, 0.1) is 17.8 Å². The predicted octanol–water partition coefficient (Wildman–Crippen LogP) is 1.70. The molecule has 3 aliphatic rings. The van der Waals surface area contributed by atoms with Crippen molar-refractivity contribution in [1.29, 1.82) is 0 Å². The largest absolute Gasteiger partial charge is 0.368 e. The summed E-state index contributed by atoms with van der Waals surface area (Å²) in [6, 6.07) is 9.74. The zero-order chi connectivity index (χ0) is 17.2. The van der Waals surface area contributed by atoms with E-state index in [1.807, 2.05) is 18.2 Å². The predicted molar refractivity (Wildman–Crippen MR) is 92.8 cm³/mol. The molecule has 6 heteroatoms. The maximum atomic E-state index is 11.9. The Morgan fingerprint density at radius 1 is 1.17 bits per heavy atom. The number of hydrogen-bond acceptors (Lipinski definition) is 5. The Kier molecular flexibility index (Phi) is 5.59. The van der Waals surface area contributed by atoms with Crippen molar-refractivity contribution in [3.05, 3.63) is 35.9 Å². The van der Waals surface area contributed by atoms with E-state index in [2.05, 4.69) is 0 Å². The summed E-state index contributed by atoms with van der Waals surface area (Å²) < 4.78 is 28.8. The molecule has 3 N–H and O–H groups in total. The highest BCUT2D eigenvalue weighted by atomic mass is 32.2. The van der Waals surface area contributed by atoms with E-state index in [1.54, 1.807) is 12.1 Å². The highest BCUT2D eigenvalue weighted by Crippen LogP contribution is 2.50. The number of rotatable bonds is 4. The number of sulfone groups is 1. The molecule has 3 fully saturated rings. The molecule has 4 rings (SSSR count). The standard InChI is InChI=1S/C12H16O4S.C6H11N/c13-12-6-11(7-16-12)9-17(14,15)8-10-4-2-1-3-5-10;7-6-4-2-1-3-5(4)6/h1-5,11-13H,6-9H2;4-6H,1-3,7H2/t11-,12-;/m0./s1. The van der Waals surface area contributed by atoms with Crippen molar-refractivity contribution in [3.8, 4) is 0 Å². The lowest BCUT2D eigenvalue weighted by Crippen LogP contribution is -2.18. The van der Waals surface area contributed by atoms with Gasteiger partial charge >= 0.3 is 0 Å². The van der Waals surface area contributed by atoms with Crippen LogP contribution in [0.25, 0.3) is 0 Å². The van der Waals surface area contributed by atoms with Crippen LogP contribution in [0.15, 0.2) is 30.3 Å². The third-order valence-corrected chi connectivity index (χ3v) is 7.00. The highest BCUT2D eigenvalue weighted by Gasteiger charge is 2.49. The molecule has 2 aliphatic carbocycles. The summed E-state index contributed by atoms with van der Waals surface area (Å²) >= 11 is 0. The summed E-state index contributed by atoms with van der Waals surface area (Å²) in [7, 11) is -3.13. The second-order valence-electron chi connectivity index (χ2n) is 7.27. The summed E-state index contributed by atoms with van der Waals surface area (Å²) in [6.45, 7) is 0.329. The summed E-state index contributed by atoms with van der Waals surface area (Å²) in [5.74, 6) is 1.97. The Labute approximate surface area is 144 Å². The number of aliphatic hydroxyl groups is 1. The first kappa shape index (κ1) is 17.9. The van der Waals surface area contributed by atoms with Gasteiger partial charge in [0.05, 0.1) is 18.1 Å². The van der Waals surface area contributed by atoms with Crippen molar-refractivity contribution >= 4 is 9.84 Å². The molecule has 2 unspecified atom stereocenters. The van der Waals surface area contributed by atoms with Crippen LogP contribution >= 0.6 is 0 Å². The summed E-state index contributed by atoms with van der Waals surface area (Å²) in [5.41, 5.74) is 6.47. The van der Waals surface area contributed by atoms with Gasteiger partial charge in [0.1, 0.15) is 0 Å². The molecule has 0 aromatic heterocycles. The Hall–Kier alpha value is -0.950. The molecule has 1 heterocycles. The quantitative estimate of drug-likeness (QED) is 0.860. The monoisotopic (exact) mass is 353 g/mol. The molecule has 5 nitrogen and oxygen atoms in total. The molecule has 0 bridgehead atoms. The van der Waals surface area contributed by atoms with E-state index in [4.69, 9.17) is 15.6 Å². The first-order valence-electron chi connectivity index (χ1n) is 8.74. The van der Waals surface area contributed by atoms with Crippen molar-refractivity contribution in [2.45, 2.75) is 43.8 Å². The lowest BCUT2D eigenvalue weighted by Gasteiger charge is -2.08. The smallest absolute Gasteiger partial charge is 0.154 e. The first-order valence-corrected chi connectivity index (χ1v) is 10.6. The Morgan fingerprint density at radius 3 is 2.33 bits per heavy atom. The molecule has 4 atom stereocenters. The summed E-state index contributed by atoms with van der Waals surface area (Å²) in [4.78, 5) is 0. The molecular weight excluding hydrogens is 326 g/mol. The van der Waals surface area contributed by atoms with Crippen LogP contribution < -0.4 is 5.73 Å². The van der Waals surface area contributed by atoms with Crippen LogP contribution in [-0.4, -0.2) is 38.2 Å². The molecule has 0 spiro atoms. The van der Waals surface area contributed by atoms with Crippen molar-refractivity contribution in [2.24, 2.45) is 23.5 Å². The lowest BCUT2D eigenvalue weighted by molar-refractivity contribution is -0.0591. The van der Waals surface area contributed by atoms with Crippen LogP contribution in [0.2, 0.25) is 0 Å². The van der Waals surface area contributed by atoms with Crippen LogP contribution in [0.4, 0.5) is 0 Å². The molecular formula is C18H27NO4S. The average molecular weight is 353 g/mol. The van der Waals surface area contributed by atoms with Crippen LogP contribution in [-0.2, 0) is 20.3 Å². The van der Waals surface area contributed by atoms with Crippen LogP contribution in [0.1, 0.15) is 31.2 Å². The van der Waals surface area contributed by atoms with Gasteiger partial charge in [-0.3, -0.25) is 0 Å². The minimum atomic E-state index is -3.13. The zero-order valence-corrected chi connectivity index (χ0v) is 14.7. The van der Waals surface area contributed by atoms with Crippen LogP contribution in [0.5, 0.6) is 0 Å². The fourth-order valence-electron chi connectivity index (χ4n) is 3.91. The molecule has 134 valence electrons. The normalized spacial score (nSPS) is 34.3. The zero-order valence-electron chi connectivity index (χ0n) is 13.9. The fraction of sp³-hybridized carbons (Fsp3) is 0.667. The second kappa shape index (κ2) is 7.52. The van der Waals surface area contributed by atoms with E-state index in [-0.39, 0.29) is 17.4 Å². The molecule has 1 aromatic carbocycles. The molecule has 0 amide bonds. The van der Waals surface area contributed by atoms with Crippen molar-refractivity contribution in [3.63, 3.8) is 0 Å². The van der Waals surface area contributed by atoms with Crippen LogP contribution in [0.3, 0.4) is 0 Å². The van der Waals surface area contributed by atoms with E-state index < -0.39 is 16.1 Å². The summed E-state index contributed by atoms with van der Waals surface area (Å²) in [6.07, 6.45) is 3.90. The van der Waals surface area contributed by atoms with Gasteiger partial charge in [-0.25, -0.2) is 8.42 Å². The van der Waals surface area contributed by atoms with E-state index >= 15 is 0 Å². The number of benzene rings is 1. The molecule has 2 saturated carbocycles. The highest BCUT2D eigenvalue weighted by molar-refractivity contribution is 7.90.